The summed E-state index contributed by atoms with van der Waals surface area (Å²) >= 11 is 1.25. The summed E-state index contributed by atoms with van der Waals surface area (Å²) in [6.07, 6.45) is 0.787. The van der Waals surface area contributed by atoms with Gasteiger partial charge in [0.1, 0.15) is 4.21 Å². The summed E-state index contributed by atoms with van der Waals surface area (Å²) < 4.78 is 26.4. The number of anilines is 1. The maximum atomic E-state index is 13.0. The van der Waals surface area contributed by atoms with E-state index >= 15 is 0 Å². The molecule has 0 atom stereocenters. The molecule has 3 aromatic rings. The Kier molecular flexibility index (Phi) is 6.27. The Bertz CT molecular complexity index is 951. The Hall–Kier alpha value is -1.82. The Labute approximate surface area is 159 Å². The van der Waals surface area contributed by atoms with Crippen molar-refractivity contribution < 1.29 is 8.42 Å². The molecule has 2 aromatic carbocycles. The van der Waals surface area contributed by atoms with Gasteiger partial charge in [-0.3, -0.25) is 0 Å². The number of thiophene rings is 1. The number of aryl methyl sites for hydroxylation is 1. The first-order valence-corrected chi connectivity index (χ1v) is 10.1. The van der Waals surface area contributed by atoms with Crippen molar-refractivity contribution >= 4 is 38.6 Å². The van der Waals surface area contributed by atoms with E-state index in [0.717, 1.165) is 28.1 Å². The maximum absolute atomic E-state index is 13.0. The minimum Gasteiger partial charge on any atom is -0.380 e. The number of sulfone groups is 1. The van der Waals surface area contributed by atoms with Crippen molar-refractivity contribution in [3.63, 3.8) is 0 Å². The molecule has 6 heteroatoms. The molecule has 25 heavy (non-hydrogen) atoms. The molecule has 1 N–H and O–H groups in total. The molecule has 0 amide bonds. The normalized spacial score (nSPS) is 11.0. The van der Waals surface area contributed by atoms with Gasteiger partial charge in [0.2, 0.25) is 9.84 Å². The van der Waals surface area contributed by atoms with Crippen LogP contribution in [0.1, 0.15) is 12.5 Å². The smallest absolute Gasteiger partial charge is 0.216 e. The van der Waals surface area contributed by atoms with Crippen molar-refractivity contribution in [2.24, 2.45) is 0 Å². The molecule has 0 aliphatic carbocycles. The summed E-state index contributed by atoms with van der Waals surface area (Å²) in [5, 5.41) is 3.82. The topological polar surface area (TPSA) is 46.2 Å². The SMILES string of the molecule is CCc1cc(-c2ccccc2)cc(S(=O)(=O)c2ccc(NC)s2)c1.Cl. The predicted octanol–water partition coefficient (Wildman–Crippen LogP) is 5.27. The van der Waals surface area contributed by atoms with Crippen molar-refractivity contribution in [2.45, 2.75) is 22.4 Å². The van der Waals surface area contributed by atoms with Crippen LogP contribution in [0.25, 0.3) is 11.1 Å². The lowest BCUT2D eigenvalue weighted by molar-refractivity contribution is 0.598. The highest BCUT2D eigenvalue weighted by molar-refractivity contribution is 7.93. The molecule has 0 fully saturated rings. The van der Waals surface area contributed by atoms with Gasteiger partial charge in [-0.15, -0.1) is 23.7 Å². The van der Waals surface area contributed by atoms with Crippen molar-refractivity contribution in [2.75, 3.05) is 12.4 Å². The second-order valence-corrected chi connectivity index (χ2v) is 8.72. The van der Waals surface area contributed by atoms with E-state index in [-0.39, 0.29) is 12.4 Å². The van der Waals surface area contributed by atoms with Crippen LogP contribution in [0.2, 0.25) is 0 Å². The van der Waals surface area contributed by atoms with E-state index in [1.807, 2.05) is 37.3 Å². The molecule has 3 nitrogen and oxygen atoms in total. The van der Waals surface area contributed by atoms with Gasteiger partial charge in [-0.25, -0.2) is 8.42 Å². The molecule has 0 unspecified atom stereocenters. The van der Waals surface area contributed by atoms with Gasteiger partial charge < -0.3 is 5.32 Å². The molecule has 0 aliphatic heterocycles. The van der Waals surface area contributed by atoms with Crippen LogP contribution in [-0.4, -0.2) is 15.5 Å². The summed E-state index contributed by atoms with van der Waals surface area (Å²) in [6.45, 7) is 2.03. The molecular weight excluding hydrogens is 374 g/mol. The lowest BCUT2D eigenvalue weighted by Gasteiger charge is -2.09. The minimum atomic E-state index is -3.51. The van der Waals surface area contributed by atoms with E-state index in [0.29, 0.717) is 9.10 Å². The van der Waals surface area contributed by atoms with Crippen LogP contribution in [0.5, 0.6) is 0 Å². The molecule has 1 aromatic heterocycles. The summed E-state index contributed by atoms with van der Waals surface area (Å²) in [6, 6.07) is 18.9. The van der Waals surface area contributed by atoms with Crippen LogP contribution in [0, 0.1) is 0 Å². The van der Waals surface area contributed by atoms with Gasteiger partial charge in [0, 0.05) is 7.05 Å². The van der Waals surface area contributed by atoms with Crippen LogP contribution in [0.15, 0.2) is 69.8 Å². The fraction of sp³-hybridized carbons (Fsp3) is 0.158. The highest BCUT2D eigenvalue weighted by Gasteiger charge is 2.21. The average molecular weight is 394 g/mol. The number of hydrogen-bond acceptors (Lipinski definition) is 4. The first-order chi connectivity index (χ1) is 11.5. The Morgan fingerprint density at radius 1 is 0.960 bits per heavy atom. The van der Waals surface area contributed by atoms with Crippen LogP contribution >= 0.6 is 23.7 Å². The van der Waals surface area contributed by atoms with E-state index in [4.69, 9.17) is 0 Å². The second-order valence-electron chi connectivity index (χ2n) is 5.46. The molecule has 0 bridgehead atoms. The average Bonchev–Trinajstić information content (AvgIpc) is 3.12. The predicted molar refractivity (Wildman–Crippen MR) is 108 cm³/mol. The number of benzene rings is 2. The third-order valence-corrected chi connectivity index (χ3v) is 7.21. The van der Waals surface area contributed by atoms with Crippen LogP contribution in [-0.2, 0) is 16.3 Å². The van der Waals surface area contributed by atoms with Crippen LogP contribution < -0.4 is 5.32 Å². The fourth-order valence-corrected chi connectivity index (χ4v) is 5.19. The molecule has 0 saturated heterocycles. The Morgan fingerprint density at radius 2 is 1.68 bits per heavy atom. The minimum absolute atomic E-state index is 0. The summed E-state index contributed by atoms with van der Waals surface area (Å²) in [7, 11) is -1.73. The van der Waals surface area contributed by atoms with E-state index < -0.39 is 9.84 Å². The lowest BCUT2D eigenvalue weighted by atomic mass is 10.0. The van der Waals surface area contributed by atoms with Crippen molar-refractivity contribution in [1.82, 2.24) is 0 Å². The number of rotatable bonds is 5. The molecule has 0 spiro atoms. The Balaban J connectivity index is 0.00000225. The number of nitrogens with one attached hydrogen (secondary N) is 1. The number of halogens is 1. The van der Waals surface area contributed by atoms with E-state index in [1.54, 1.807) is 31.3 Å². The zero-order valence-corrected chi connectivity index (χ0v) is 16.5. The zero-order valence-electron chi connectivity index (χ0n) is 14.0. The molecule has 0 aliphatic rings. The summed E-state index contributed by atoms with van der Waals surface area (Å²) in [4.78, 5) is 0.352. The van der Waals surface area contributed by atoms with Crippen LogP contribution in [0.4, 0.5) is 5.00 Å². The molecular formula is C19H20ClNO2S2. The van der Waals surface area contributed by atoms with Gasteiger partial charge in [-0.1, -0.05) is 43.3 Å². The third-order valence-electron chi connectivity index (χ3n) is 3.88. The number of hydrogen-bond donors (Lipinski definition) is 1. The van der Waals surface area contributed by atoms with E-state index in [1.165, 1.54) is 11.3 Å². The zero-order chi connectivity index (χ0) is 17.2. The molecule has 0 saturated carbocycles. The van der Waals surface area contributed by atoms with Crippen molar-refractivity contribution in [3.05, 3.63) is 66.2 Å². The van der Waals surface area contributed by atoms with E-state index in [2.05, 4.69) is 11.4 Å². The van der Waals surface area contributed by atoms with Gasteiger partial charge in [-0.05, 0) is 47.4 Å². The molecule has 132 valence electrons. The fourth-order valence-electron chi connectivity index (χ4n) is 2.53. The van der Waals surface area contributed by atoms with Gasteiger partial charge in [-0.2, -0.15) is 0 Å². The largest absolute Gasteiger partial charge is 0.380 e. The Morgan fingerprint density at radius 3 is 2.28 bits per heavy atom. The maximum Gasteiger partial charge on any atom is 0.216 e. The summed E-state index contributed by atoms with van der Waals surface area (Å²) in [5.74, 6) is 0. The molecule has 0 radical (unpaired) electrons. The lowest BCUT2D eigenvalue weighted by Crippen LogP contribution is -2.01. The first kappa shape index (κ1) is 19.5. The van der Waals surface area contributed by atoms with E-state index in [9.17, 15) is 8.42 Å². The van der Waals surface area contributed by atoms with Gasteiger partial charge >= 0.3 is 0 Å². The monoisotopic (exact) mass is 393 g/mol. The second kappa shape index (κ2) is 8.04. The van der Waals surface area contributed by atoms with Crippen LogP contribution in [0.3, 0.4) is 0 Å². The third kappa shape index (κ3) is 4.06. The van der Waals surface area contributed by atoms with Crippen molar-refractivity contribution in [3.8, 4) is 11.1 Å². The van der Waals surface area contributed by atoms with Crippen molar-refractivity contribution in [1.29, 1.82) is 0 Å². The highest BCUT2D eigenvalue weighted by atomic mass is 35.5. The first-order valence-electron chi connectivity index (χ1n) is 7.76. The van der Waals surface area contributed by atoms with Gasteiger partial charge in [0.25, 0.3) is 0 Å². The van der Waals surface area contributed by atoms with Gasteiger partial charge in [0.15, 0.2) is 0 Å². The summed E-state index contributed by atoms with van der Waals surface area (Å²) in [5.41, 5.74) is 2.96. The van der Waals surface area contributed by atoms with Gasteiger partial charge in [0.05, 0.1) is 9.90 Å². The quantitative estimate of drug-likeness (QED) is 0.641. The molecule has 3 rings (SSSR count). The molecule has 1 heterocycles. The highest BCUT2D eigenvalue weighted by Crippen LogP contribution is 2.33. The standard InChI is InChI=1S/C19H19NO2S2.ClH/c1-3-14-11-16(15-7-5-4-6-8-15)13-17(12-14)24(21,22)19-10-9-18(20-2)23-19;/h4-13,20H,3H2,1-2H3;1H.